The summed E-state index contributed by atoms with van der Waals surface area (Å²) in [7, 11) is 0. The van der Waals surface area contributed by atoms with Crippen LogP contribution in [0.5, 0.6) is 5.75 Å². The summed E-state index contributed by atoms with van der Waals surface area (Å²) < 4.78 is 7.79. The highest BCUT2D eigenvalue weighted by Crippen LogP contribution is 2.24. The van der Waals surface area contributed by atoms with Crippen molar-refractivity contribution in [2.24, 2.45) is 0 Å². The number of nitriles is 1. The Morgan fingerprint density at radius 3 is 2.58 bits per heavy atom. The molecule has 0 spiro atoms. The fraction of sp³-hybridized carbons (Fsp3) is 0.323. The number of aliphatic hydroxyl groups is 1. The number of amides is 1. The molecule has 38 heavy (non-hydrogen) atoms. The Hall–Kier alpha value is -4.15. The van der Waals surface area contributed by atoms with Crippen LogP contribution in [-0.4, -0.2) is 39.2 Å². The summed E-state index contributed by atoms with van der Waals surface area (Å²) in [6, 6.07) is 19.1. The van der Waals surface area contributed by atoms with Crippen LogP contribution >= 0.6 is 0 Å². The lowest BCUT2D eigenvalue weighted by molar-refractivity contribution is 0.0930. The third-order valence-corrected chi connectivity index (χ3v) is 6.55. The molecule has 196 valence electrons. The van der Waals surface area contributed by atoms with Crippen molar-refractivity contribution in [3.8, 4) is 23.1 Å². The van der Waals surface area contributed by atoms with Crippen LogP contribution in [-0.2, 0) is 12.8 Å². The number of fused-ring (bicyclic) bond motifs is 1. The van der Waals surface area contributed by atoms with Crippen LogP contribution in [0.3, 0.4) is 0 Å². The van der Waals surface area contributed by atoms with Crippen molar-refractivity contribution in [3.63, 3.8) is 0 Å². The van der Waals surface area contributed by atoms with Gasteiger partial charge in [-0.25, -0.2) is 4.98 Å². The van der Waals surface area contributed by atoms with E-state index in [4.69, 9.17) is 9.72 Å². The van der Waals surface area contributed by atoms with Gasteiger partial charge in [0.25, 0.3) is 5.91 Å². The van der Waals surface area contributed by atoms with Gasteiger partial charge in [0.15, 0.2) is 0 Å². The van der Waals surface area contributed by atoms with Crippen LogP contribution in [0.15, 0.2) is 60.8 Å². The molecule has 0 unspecified atom stereocenters. The number of carbonyl (C=O) groups is 1. The maximum absolute atomic E-state index is 13.0. The number of carbonyl (C=O) groups excluding carboxylic acids is 1. The first kappa shape index (κ1) is 26.9. The lowest BCUT2D eigenvalue weighted by atomic mass is 10.0. The lowest BCUT2D eigenvalue weighted by Gasteiger charge is -2.19. The number of aliphatic hydroxyl groups excluding tert-OH is 1. The number of rotatable bonds is 10. The summed E-state index contributed by atoms with van der Waals surface area (Å²) >= 11 is 0. The zero-order valence-corrected chi connectivity index (χ0v) is 22.4. The topological polar surface area (TPSA) is 99.6 Å². The van der Waals surface area contributed by atoms with E-state index < -0.39 is 0 Å². The van der Waals surface area contributed by atoms with Gasteiger partial charge >= 0.3 is 0 Å². The van der Waals surface area contributed by atoms with Gasteiger partial charge in [-0.15, -0.1) is 0 Å². The van der Waals surface area contributed by atoms with Crippen LogP contribution in [0, 0.1) is 18.3 Å². The minimum Gasteiger partial charge on any atom is -0.490 e. The molecule has 2 heterocycles. The van der Waals surface area contributed by atoms with E-state index in [2.05, 4.69) is 48.0 Å². The summed E-state index contributed by atoms with van der Waals surface area (Å²) in [6.07, 6.45) is 3.90. The van der Waals surface area contributed by atoms with Crippen molar-refractivity contribution >= 4 is 11.6 Å². The number of aryl methyl sites for hydroxylation is 2. The third kappa shape index (κ3) is 6.04. The van der Waals surface area contributed by atoms with E-state index in [-0.39, 0.29) is 24.7 Å². The van der Waals surface area contributed by atoms with Crippen LogP contribution < -0.4 is 10.1 Å². The number of aromatic nitrogens is 2. The number of benzene rings is 2. The Morgan fingerprint density at radius 1 is 1.16 bits per heavy atom. The molecule has 7 nitrogen and oxygen atoms in total. The molecule has 0 aliphatic carbocycles. The second-order valence-electron chi connectivity index (χ2n) is 9.75. The highest BCUT2D eigenvalue weighted by atomic mass is 16.5. The van der Waals surface area contributed by atoms with Gasteiger partial charge in [0, 0.05) is 35.7 Å². The molecule has 7 heteroatoms. The SMILES string of the molecule is CCc1ccc(C)n2cc(-c3ccc(C[C@@H](CCO)NC(=O)c4ccc(OC(C)C)c(C#N)c4)cc3)nc12. The summed E-state index contributed by atoms with van der Waals surface area (Å²) in [5.41, 5.74) is 7.01. The standard InChI is InChI=1S/C31H34N4O3/c1-5-23-9-6-21(4)35-19-28(34-30(23)35)24-10-7-22(8-11-24)16-27(14-15-36)33-31(37)25-12-13-29(38-20(2)3)26(17-25)18-32/h6-13,17,19-20,27,36H,5,14-16H2,1-4H3,(H,33,37)/t27-/m1/s1. The lowest BCUT2D eigenvalue weighted by Crippen LogP contribution is -2.37. The predicted octanol–water partition coefficient (Wildman–Crippen LogP) is 5.25. The molecule has 0 saturated heterocycles. The molecule has 0 fully saturated rings. The van der Waals surface area contributed by atoms with Gasteiger partial charge in [0.05, 0.1) is 17.4 Å². The van der Waals surface area contributed by atoms with E-state index in [0.717, 1.165) is 34.6 Å². The molecule has 0 bridgehead atoms. The first-order valence-electron chi connectivity index (χ1n) is 13.0. The minimum atomic E-state index is -0.292. The van der Waals surface area contributed by atoms with Crippen molar-refractivity contribution in [2.75, 3.05) is 6.61 Å². The Balaban J connectivity index is 1.48. The van der Waals surface area contributed by atoms with Crippen LogP contribution in [0.4, 0.5) is 0 Å². The number of hydrogen-bond acceptors (Lipinski definition) is 5. The number of hydrogen-bond donors (Lipinski definition) is 2. The summed E-state index contributed by atoms with van der Waals surface area (Å²) in [5, 5.41) is 22.1. The number of imidazole rings is 1. The Morgan fingerprint density at radius 2 is 1.92 bits per heavy atom. The van der Waals surface area contributed by atoms with Gasteiger partial charge in [-0.1, -0.05) is 37.3 Å². The van der Waals surface area contributed by atoms with Crippen LogP contribution in [0.25, 0.3) is 16.9 Å². The molecule has 4 rings (SSSR count). The molecular weight excluding hydrogens is 476 g/mol. The highest BCUT2D eigenvalue weighted by molar-refractivity contribution is 5.95. The fourth-order valence-corrected chi connectivity index (χ4v) is 4.53. The second-order valence-corrected chi connectivity index (χ2v) is 9.75. The van der Waals surface area contributed by atoms with Crippen LogP contribution in [0.1, 0.15) is 59.9 Å². The molecule has 0 saturated carbocycles. The molecule has 1 amide bonds. The summed E-state index contributed by atoms with van der Waals surface area (Å²) in [4.78, 5) is 17.9. The maximum atomic E-state index is 13.0. The Labute approximate surface area is 223 Å². The van der Waals surface area contributed by atoms with Crippen molar-refractivity contribution < 1.29 is 14.6 Å². The summed E-state index contributed by atoms with van der Waals surface area (Å²) in [5.74, 6) is 0.164. The normalized spacial score (nSPS) is 11.9. The first-order chi connectivity index (χ1) is 18.3. The van der Waals surface area contributed by atoms with Crippen molar-refractivity contribution in [3.05, 3.63) is 88.7 Å². The number of nitrogens with one attached hydrogen (secondary N) is 1. The molecule has 0 aliphatic rings. The number of pyridine rings is 1. The van der Waals surface area contributed by atoms with E-state index in [1.807, 2.05) is 38.1 Å². The number of nitrogens with zero attached hydrogens (tertiary/aromatic N) is 3. The number of ether oxygens (including phenoxy) is 1. The largest absolute Gasteiger partial charge is 0.490 e. The third-order valence-electron chi connectivity index (χ3n) is 6.55. The molecule has 0 radical (unpaired) electrons. The summed E-state index contributed by atoms with van der Waals surface area (Å²) in [6.45, 7) is 7.93. The van der Waals surface area contributed by atoms with E-state index in [1.54, 1.807) is 18.2 Å². The minimum absolute atomic E-state index is 0.0476. The van der Waals surface area contributed by atoms with Gasteiger partial charge in [-0.2, -0.15) is 5.26 Å². The molecule has 4 aromatic rings. The monoisotopic (exact) mass is 510 g/mol. The molecule has 2 N–H and O–H groups in total. The van der Waals surface area contributed by atoms with Gasteiger partial charge in [-0.3, -0.25) is 4.79 Å². The zero-order valence-electron chi connectivity index (χ0n) is 22.4. The molecular formula is C31H34N4O3. The average molecular weight is 511 g/mol. The Kier molecular flexibility index (Phi) is 8.45. The quantitative estimate of drug-likeness (QED) is 0.303. The van der Waals surface area contributed by atoms with Gasteiger partial charge in [0.1, 0.15) is 17.5 Å². The highest BCUT2D eigenvalue weighted by Gasteiger charge is 2.17. The maximum Gasteiger partial charge on any atom is 0.251 e. The molecule has 2 aromatic carbocycles. The van der Waals surface area contributed by atoms with E-state index >= 15 is 0 Å². The first-order valence-corrected chi connectivity index (χ1v) is 13.0. The van der Waals surface area contributed by atoms with E-state index in [0.29, 0.717) is 29.7 Å². The van der Waals surface area contributed by atoms with Crippen LogP contribution in [0.2, 0.25) is 0 Å². The molecule has 0 aliphatic heterocycles. The van der Waals surface area contributed by atoms with Gasteiger partial charge < -0.3 is 19.6 Å². The van der Waals surface area contributed by atoms with Gasteiger partial charge in [0.2, 0.25) is 0 Å². The van der Waals surface area contributed by atoms with Crippen molar-refractivity contribution in [1.29, 1.82) is 5.26 Å². The van der Waals surface area contributed by atoms with Gasteiger partial charge in [-0.05, 0) is 75.4 Å². The second kappa shape index (κ2) is 11.9. The fourth-order valence-electron chi connectivity index (χ4n) is 4.53. The predicted molar refractivity (Wildman–Crippen MR) is 148 cm³/mol. The molecule has 2 aromatic heterocycles. The van der Waals surface area contributed by atoms with E-state index in [1.165, 1.54) is 5.56 Å². The zero-order chi connectivity index (χ0) is 27.2. The van der Waals surface area contributed by atoms with Crippen molar-refractivity contribution in [1.82, 2.24) is 14.7 Å². The molecule has 1 atom stereocenters. The van der Waals surface area contributed by atoms with Crippen molar-refractivity contribution in [2.45, 2.75) is 59.1 Å². The van der Waals surface area contributed by atoms with E-state index in [9.17, 15) is 15.2 Å². The Bertz CT molecular complexity index is 1470. The smallest absolute Gasteiger partial charge is 0.251 e. The average Bonchev–Trinajstić information content (AvgIpc) is 3.36.